The topological polar surface area (TPSA) is 66.5 Å². The van der Waals surface area contributed by atoms with Crippen LogP contribution in [0.25, 0.3) is 0 Å². The molecule has 0 aromatic heterocycles. The summed E-state index contributed by atoms with van der Waals surface area (Å²) in [5.41, 5.74) is 2.79. The van der Waals surface area contributed by atoms with Crippen molar-refractivity contribution in [2.24, 2.45) is 0 Å². The summed E-state index contributed by atoms with van der Waals surface area (Å²) in [5.74, 6) is -1.25. The summed E-state index contributed by atoms with van der Waals surface area (Å²) >= 11 is 0. The quantitative estimate of drug-likeness (QED) is 0.533. The van der Waals surface area contributed by atoms with Crippen molar-refractivity contribution in [1.82, 2.24) is 5.32 Å². The Labute approximate surface area is 188 Å². The standard InChI is InChI=1S/C25H27FN2O3S/c1-4-20-11-13-21(14-12-20)19(3)27-25(29)17-28(24-8-6-5-7-23(24)26)32(30,31)22-15-9-18(2)10-16-22/h5-16,19H,4,17H2,1-3H3,(H,27,29)/t19-/m1/s1. The molecule has 1 N–H and O–H groups in total. The molecule has 0 saturated heterocycles. The van der Waals surface area contributed by atoms with Crippen LogP contribution in [0.5, 0.6) is 0 Å². The molecule has 0 saturated carbocycles. The van der Waals surface area contributed by atoms with Crippen LogP contribution >= 0.6 is 0 Å². The van der Waals surface area contributed by atoms with E-state index in [9.17, 15) is 17.6 Å². The lowest BCUT2D eigenvalue weighted by atomic mass is 10.1. The van der Waals surface area contributed by atoms with E-state index in [1.807, 2.05) is 38.1 Å². The molecule has 32 heavy (non-hydrogen) atoms. The third-order valence-electron chi connectivity index (χ3n) is 5.28. The smallest absolute Gasteiger partial charge is 0.264 e. The number of nitrogens with one attached hydrogen (secondary N) is 1. The first-order chi connectivity index (χ1) is 15.2. The number of rotatable bonds is 8. The van der Waals surface area contributed by atoms with E-state index in [1.54, 1.807) is 12.1 Å². The second-order valence-corrected chi connectivity index (χ2v) is 9.52. The van der Waals surface area contributed by atoms with Crippen LogP contribution in [0.1, 0.15) is 36.6 Å². The fourth-order valence-electron chi connectivity index (χ4n) is 3.33. The van der Waals surface area contributed by atoms with Crippen molar-refractivity contribution >= 4 is 21.6 Å². The highest BCUT2D eigenvalue weighted by molar-refractivity contribution is 7.92. The maximum atomic E-state index is 14.6. The van der Waals surface area contributed by atoms with Crippen molar-refractivity contribution in [3.63, 3.8) is 0 Å². The number of nitrogens with zero attached hydrogens (tertiary/aromatic N) is 1. The maximum absolute atomic E-state index is 14.6. The number of carbonyl (C=O) groups excluding carboxylic acids is 1. The van der Waals surface area contributed by atoms with Gasteiger partial charge in [0.25, 0.3) is 10.0 Å². The zero-order valence-corrected chi connectivity index (χ0v) is 19.2. The van der Waals surface area contributed by atoms with E-state index in [1.165, 1.54) is 42.0 Å². The summed E-state index contributed by atoms with van der Waals surface area (Å²) in [4.78, 5) is 12.8. The highest BCUT2D eigenvalue weighted by Gasteiger charge is 2.29. The molecular formula is C25H27FN2O3S. The van der Waals surface area contributed by atoms with E-state index in [0.29, 0.717) is 0 Å². The second kappa shape index (κ2) is 9.96. The van der Waals surface area contributed by atoms with Gasteiger partial charge in [0.1, 0.15) is 12.4 Å². The van der Waals surface area contributed by atoms with Gasteiger partial charge in [-0.25, -0.2) is 12.8 Å². The molecule has 0 aliphatic carbocycles. The number of hydrogen-bond acceptors (Lipinski definition) is 3. The number of para-hydroxylation sites is 1. The van der Waals surface area contributed by atoms with E-state index in [4.69, 9.17) is 0 Å². The van der Waals surface area contributed by atoms with Crippen LogP contribution in [0.2, 0.25) is 0 Å². The molecule has 0 bridgehead atoms. The number of hydrogen-bond donors (Lipinski definition) is 1. The second-order valence-electron chi connectivity index (χ2n) is 7.66. The highest BCUT2D eigenvalue weighted by atomic mass is 32.2. The Balaban J connectivity index is 1.87. The van der Waals surface area contributed by atoms with Gasteiger partial charge in [-0.2, -0.15) is 0 Å². The number of carbonyl (C=O) groups is 1. The minimum absolute atomic E-state index is 0.0117. The molecule has 0 spiro atoms. The molecule has 3 rings (SSSR count). The van der Waals surface area contributed by atoms with Crippen molar-refractivity contribution in [1.29, 1.82) is 0 Å². The van der Waals surface area contributed by atoms with Crippen LogP contribution in [0.4, 0.5) is 10.1 Å². The van der Waals surface area contributed by atoms with E-state index in [2.05, 4.69) is 12.2 Å². The van der Waals surface area contributed by atoms with Crippen LogP contribution in [-0.2, 0) is 21.2 Å². The first-order valence-corrected chi connectivity index (χ1v) is 11.9. The molecule has 3 aromatic rings. The van der Waals surface area contributed by atoms with E-state index in [0.717, 1.165) is 21.9 Å². The molecule has 0 aliphatic heterocycles. The molecule has 7 heteroatoms. The van der Waals surface area contributed by atoms with Gasteiger partial charge in [0.05, 0.1) is 16.6 Å². The van der Waals surface area contributed by atoms with Crippen LogP contribution < -0.4 is 9.62 Å². The van der Waals surface area contributed by atoms with E-state index >= 15 is 0 Å². The van der Waals surface area contributed by atoms with Crippen LogP contribution in [-0.4, -0.2) is 20.9 Å². The van der Waals surface area contributed by atoms with Crippen molar-refractivity contribution in [2.75, 3.05) is 10.8 Å². The Morgan fingerprint density at radius 2 is 1.62 bits per heavy atom. The third-order valence-corrected chi connectivity index (χ3v) is 7.06. The number of benzene rings is 3. The van der Waals surface area contributed by atoms with Gasteiger partial charge in [0.2, 0.25) is 5.91 Å². The lowest BCUT2D eigenvalue weighted by Gasteiger charge is -2.25. The van der Waals surface area contributed by atoms with Crippen LogP contribution in [0.3, 0.4) is 0 Å². The monoisotopic (exact) mass is 454 g/mol. The number of halogens is 1. The SMILES string of the molecule is CCc1ccc([C@@H](C)NC(=O)CN(c2ccccc2F)S(=O)(=O)c2ccc(C)cc2)cc1. The summed E-state index contributed by atoms with van der Waals surface area (Å²) in [6.45, 7) is 5.17. The molecule has 0 fully saturated rings. The average Bonchev–Trinajstić information content (AvgIpc) is 2.78. The van der Waals surface area contributed by atoms with Crippen molar-refractivity contribution in [3.8, 4) is 0 Å². The molecule has 1 amide bonds. The van der Waals surface area contributed by atoms with Crippen LogP contribution in [0, 0.1) is 12.7 Å². The zero-order chi connectivity index (χ0) is 23.3. The van der Waals surface area contributed by atoms with Gasteiger partial charge >= 0.3 is 0 Å². The van der Waals surface area contributed by atoms with Gasteiger partial charge in [-0.15, -0.1) is 0 Å². The molecule has 5 nitrogen and oxygen atoms in total. The minimum atomic E-state index is -4.17. The number of amides is 1. The summed E-state index contributed by atoms with van der Waals surface area (Å²) < 4.78 is 42.1. The summed E-state index contributed by atoms with van der Waals surface area (Å²) in [6.07, 6.45) is 0.912. The summed E-state index contributed by atoms with van der Waals surface area (Å²) in [7, 11) is -4.17. The molecule has 168 valence electrons. The number of anilines is 1. The Morgan fingerprint density at radius 3 is 2.22 bits per heavy atom. The fourth-order valence-corrected chi connectivity index (χ4v) is 4.76. The summed E-state index contributed by atoms with van der Waals surface area (Å²) in [6, 6.07) is 19.3. The van der Waals surface area contributed by atoms with Gasteiger partial charge in [-0.05, 0) is 55.7 Å². The molecule has 0 aliphatic rings. The van der Waals surface area contributed by atoms with Gasteiger partial charge in [0, 0.05) is 0 Å². The molecule has 0 heterocycles. The number of sulfonamides is 1. The molecule has 0 radical (unpaired) electrons. The first kappa shape index (κ1) is 23.5. The highest BCUT2D eigenvalue weighted by Crippen LogP contribution is 2.26. The molecule has 0 unspecified atom stereocenters. The zero-order valence-electron chi connectivity index (χ0n) is 18.4. The third kappa shape index (κ3) is 5.34. The lowest BCUT2D eigenvalue weighted by molar-refractivity contribution is -0.120. The largest absolute Gasteiger partial charge is 0.348 e. The Bertz CT molecular complexity index is 1180. The van der Waals surface area contributed by atoms with Crippen LogP contribution in [0.15, 0.2) is 77.7 Å². The normalized spacial score (nSPS) is 12.2. The lowest BCUT2D eigenvalue weighted by Crippen LogP contribution is -2.42. The number of aryl methyl sites for hydroxylation is 2. The maximum Gasteiger partial charge on any atom is 0.264 e. The molecular weight excluding hydrogens is 427 g/mol. The fraction of sp³-hybridized carbons (Fsp3) is 0.240. The average molecular weight is 455 g/mol. The van der Waals surface area contributed by atoms with Gasteiger partial charge in [-0.3, -0.25) is 9.10 Å². The molecule has 3 aromatic carbocycles. The van der Waals surface area contributed by atoms with Gasteiger partial charge in [0.15, 0.2) is 0 Å². The van der Waals surface area contributed by atoms with E-state index in [-0.39, 0.29) is 16.6 Å². The Morgan fingerprint density at radius 1 is 1.00 bits per heavy atom. The minimum Gasteiger partial charge on any atom is -0.348 e. The summed E-state index contributed by atoms with van der Waals surface area (Å²) in [5, 5.41) is 2.82. The Hall–Kier alpha value is -3.19. The first-order valence-electron chi connectivity index (χ1n) is 10.4. The molecule has 1 atom stereocenters. The van der Waals surface area contributed by atoms with Crippen molar-refractivity contribution < 1.29 is 17.6 Å². The van der Waals surface area contributed by atoms with E-state index < -0.39 is 28.3 Å². The van der Waals surface area contributed by atoms with Gasteiger partial charge < -0.3 is 5.32 Å². The van der Waals surface area contributed by atoms with Gasteiger partial charge in [-0.1, -0.05) is 61.0 Å². The predicted molar refractivity (Wildman–Crippen MR) is 124 cm³/mol. The van der Waals surface area contributed by atoms with Crippen molar-refractivity contribution in [2.45, 2.75) is 38.1 Å². The predicted octanol–water partition coefficient (Wildman–Crippen LogP) is 4.77. The Kier molecular flexibility index (Phi) is 7.30. The van der Waals surface area contributed by atoms with Crippen molar-refractivity contribution in [3.05, 3.63) is 95.3 Å².